The zero-order valence-electron chi connectivity index (χ0n) is 7.45. The molecule has 0 fully saturated rings. The zero-order valence-corrected chi connectivity index (χ0v) is 8.26. The highest BCUT2D eigenvalue weighted by molar-refractivity contribution is 7.71. The standard InChI is InChI=1S/C9H10N2O2S/c1-2-5-11-9(12)13-7-4-3-6-10-8(7)14/h2-4,6H,1,5H2,(H,10,14)(H,11,12). The Kier molecular flexibility index (Phi) is 3.87. The second-order valence-corrected chi connectivity index (χ2v) is 2.83. The summed E-state index contributed by atoms with van der Waals surface area (Å²) in [5.74, 6) is 0.337. The summed E-state index contributed by atoms with van der Waals surface area (Å²) < 4.78 is 5.30. The SMILES string of the molecule is C=CCNC(=O)Oc1ccc[nH]c1=S. The smallest absolute Gasteiger partial charge is 0.407 e. The predicted molar refractivity (Wildman–Crippen MR) is 55.9 cm³/mol. The van der Waals surface area contributed by atoms with Crippen molar-refractivity contribution in [3.05, 3.63) is 35.6 Å². The van der Waals surface area contributed by atoms with Gasteiger partial charge in [0.05, 0.1) is 0 Å². The van der Waals surface area contributed by atoms with Crippen molar-refractivity contribution in [2.24, 2.45) is 0 Å². The van der Waals surface area contributed by atoms with Crippen molar-refractivity contribution >= 4 is 18.3 Å². The van der Waals surface area contributed by atoms with Gasteiger partial charge in [-0.1, -0.05) is 18.3 Å². The number of rotatable bonds is 3. The normalized spacial score (nSPS) is 9.14. The molecule has 1 heterocycles. The third kappa shape index (κ3) is 3.02. The number of hydrogen-bond acceptors (Lipinski definition) is 3. The quantitative estimate of drug-likeness (QED) is 0.592. The van der Waals surface area contributed by atoms with E-state index in [0.29, 0.717) is 16.9 Å². The molecule has 0 bridgehead atoms. The molecule has 74 valence electrons. The molecule has 0 aliphatic heterocycles. The highest BCUT2D eigenvalue weighted by Crippen LogP contribution is 2.09. The lowest BCUT2D eigenvalue weighted by atomic mass is 10.5. The van der Waals surface area contributed by atoms with Crippen LogP contribution in [0.15, 0.2) is 31.0 Å². The van der Waals surface area contributed by atoms with E-state index in [1.54, 1.807) is 24.4 Å². The predicted octanol–water partition coefficient (Wildman–Crippen LogP) is 2.02. The van der Waals surface area contributed by atoms with Gasteiger partial charge in [0.1, 0.15) is 4.64 Å². The third-order valence-corrected chi connectivity index (χ3v) is 1.69. The van der Waals surface area contributed by atoms with Gasteiger partial charge in [-0.2, -0.15) is 0 Å². The summed E-state index contributed by atoms with van der Waals surface area (Å²) >= 11 is 4.90. The molecule has 0 aromatic carbocycles. The Morgan fingerprint density at radius 3 is 3.21 bits per heavy atom. The van der Waals surface area contributed by atoms with E-state index in [9.17, 15) is 4.79 Å². The number of nitrogens with one attached hydrogen (secondary N) is 2. The fourth-order valence-electron chi connectivity index (χ4n) is 0.778. The molecule has 5 heteroatoms. The Bertz CT molecular complexity index is 386. The lowest BCUT2D eigenvalue weighted by Gasteiger charge is -2.03. The van der Waals surface area contributed by atoms with Crippen LogP contribution in [0.3, 0.4) is 0 Å². The van der Waals surface area contributed by atoms with E-state index in [4.69, 9.17) is 17.0 Å². The monoisotopic (exact) mass is 210 g/mol. The van der Waals surface area contributed by atoms with Crippen LogP contribution in [0, 0.1) is 4.64 Å². The molecule has 1 aromatic heterocycles. The minimum absolute atomic E-state index is 0.337. The van der Waals surface area contributed by atoms with Gasteiger partial charge in [0.25, 0.3) is 0 Å². The number of H-pyrrole nitrogens is 1. The zero-order chi connectivity index (χ0) is 10.4. The van der Waals surface area contributed by atoms with Crippen molar-refractivity contribution in [3.8, 4) is 5.75 Å². The van der Waals surface area contributed by atoms with Crippen molar-refractivity contribution in [2.75, 3.05) is 6.54 Å². The fraction of sp³-hybridized carbons (Fsp3) is 0.111. The first-order valence-electron chi connectivity index (χ1n) is 3.98. The number of carbonyl (C=O) groups is 1. The van der Waals surface area contributed by atoms with Gasteiger partial charge >= 0.3 is 6.09 Å². The summed E-state index contributed by atoms with van der Waals surface area (Å²) in [7, 11) is 0. The Hall–Kier alpha value is -1.62. The Balaban J connectivity index is 2.60. The Morgan fingerprint density at radius 2 is 2.57 bits per heavy atom. The van der Waals surface area contributed by atoms with Gasteiger partial charge in [-0.25, -0.2) is 4.79 Å². The second kappa shape index (κ2) is 5.18. The van der Waals surface area contributed by atoms with Gasteiger partial charge < -0.3 is 15.0 Å². The molecule has 14 heavy (non-hydrogen) atoms. The fourth-order valence-corrected chi connectivity index (χ4v) is 0.956. The van der Waals surface area contributed by atoms with E-state index in [1.807, 2.05) is 0 Å². The largest absolute Gasteiger partial charge is 0.412 e. The lowest BCUT2D eigenvalue weighted by molar-refractivity contribution is 0.201. The van der Waals surface area contributed by atoms with Gasteiger partial charge in [0.15, 0.2) is 5.75 Å². The highest BCUT2D eigenvalue weighted by Gasteiger charge is 2.02. The first kappa shape index (κ1) is 10.5. The van der Waals surface area contributed by atoms with Crippen molar-refractivity contribution in [2.45, 2.75) is 0 Å². The summed E-state index contributed by atoms with van der Waals surface area (Å²) in [6.07, 6.45) is 2.68. The maximum absolute atomic E-state index is 11.1. The van der Waals surface area contributed by atoms with Crippen LogP contribution in [0.2, 0.25) is 0 Å². The number of pyridine rings is 1. The molecule has 0 spiro atoms. The maximum atomic E-state index is 11.1. The van der Waals surface area contributed by atoms with E-state index in [1.165, 1.54) is 0 Å². The van der Waals surface area contributed by atoms with Crippen LogP contribution in [-0.2, 0) is 0 Å². The number of carbonyl (C=O) groups excluding carboxylic acids is 1. The Morgan fingerprint density at radius 1 is 1.79 bits per heavy atom. The van der Waals surface area contributed by atoms with Crippen molar-refractivity contribution in [1.82, 2.24) is 10.3 Å². The average Bonchev–Trinajstić information content (AvgIpc) is 2.18. The van der Waals surface area contributed by atoms with Gasteiger partial charge in [0, 0.05) is 12.7 Å². The summed E-state index contributed by atoms with van der Waals surface area (Å²) in [6, 6.07) is 3.32. The van der Waals surface area contributed by atoms with E-state index >= 15 is 0 Å². The molecule has 4 nitrogen and oxygen atoms in total. The third-order valence-electron chi connectivity index (χ3n) is 1.38. The van der Waals surface area contributed by atoms with Crippen LogP contribution in [0.1, 0.15) is 0 Å². The summed E-state index contributed by atoms with van der Waals surface area (Å²) in [5.41, 5.74) is 0. The van der Waals surface area contributed by atoms with Crippen LogP contribution in [0.25, 0.3) is 0 Å². The van der Waals surface area contributed by atoms with Crippen molar-refractivity contribution < 1.29 is 9.53 Å². The molecule has 1 aromatic rings. The molecule has 0 saturated carbocycles. The number of amides is 1. The van der Waals surface area contributed by atoms with E-state index < -0.39 is 6.09 Å². The molecule has 0 atom stereocenters. The molecular formula is C9H10N2O2S. The maximum Gasteiger partial charge on any atom is 0.412 e. The molecule has 0 aliphatic carbocycles. The lowest BCUT2D eigenvalue weighted by Crippen LogP contribution is -2.26. The van der Waals surface area contributed by atoms with Crippen LogP contribution < -0.4 is 10.1 Å². The van der Waals surface area contributed by atoms with Crippen LogP contribution in [0.5, 0.6) is 5.75 Å². The average molecular weight is 210 g/mol. The van der Waals surface area contributed by atoms with E-state index in [2.05, 4.69) is 16.9 Å². The highest BCUT2D eigenvalue weighted by atomic mass is 32.1. The first-order chi connectivity index (χ1) is 6.74. The van der Waals surface area contributed by atoms with Gasteiger partial charge in [-0.15, -0.1) is 6.58 Å². The minimum atomic E-state index is -0.546. The topological polar surface area (TPSA) is 54.1 Å². The molecule has 2 N–H and O–H groups in total. The van der Waals surface area contributed by atoms with Gasteiger partial charge in [0.2, 0.25) is 0 Å². The number of ether oxygens (including phenoxy) is 1. The summed E-state index contributed by atoms with van der Waals surface area (Å²) in [5, 5.41) is 2.47. The molecule has 1 rings (SSSR count). The number of aromatic nitrogens is 1. The van der Waals surface area contributed by atoms with Crippen LogP contribution >= 0.6 is 12.2 Å². The number of hydrogen-bond donors (Lipinski definition) is 2. The molecular weight excluding hydrogens is 200 g/mol. The first-order valence-corrected chi connectivity index (χ1v) is 4.39. The molecule has 0 aliphatic rings. The van der Waals surface area contributed by atoms with Crippen molar-refractivity contribution in [3.63, 3.8) is 0 Å². The molecule has 0 radical (unpaired) electrons. The Labute approximate surface area is 86.6 Å². The van der Waals surface area contributed by atoms with Crippen LogP contribution in [-0.4, -0.2) is 17.6 Å². The van der Waals surface area contributed by atoms with E-state index in [-0.39, 0.29) is 0 Å². The van der Waals surface area contributed by atoms with Gasteiger partial charge in [-0.3, -0.25) is 0 Å². The van der Waals surface area contributed by atoms with Crippen molar-refractivity contribution in [1.29, 1.82) is 0 Å². The molecule has 0 unspecified atom stereocenters. The molecule has 1 amide bonds. The summed E-state index contributed by atoms with van der Waals surface area (Å²) in [6.45, 7) is 3.82. The summed E-state index contributed by atoms with van der Waals surface area (Å²) in [4.78, 5) is 13.8. The van der Waals surface area contributed by atoms with Gasteiger partial charge in [-0.05, 0) is 12.1 Å². The second-order valence-electron chi connectivity index (χ2n) is 2.42. The molecule has 0 saturated heterocycles. The van der Waals surface area contributed by atoms with E-state index in [0.717, 1.165) is 0 Å². The number of aromatic amines is 1. The van der Waals surface area contributed by atoms with Crippen LogP contribution in [0.4, 0.5) is 4.79 Å². The minimum Gasteiger partial charge on any atom is -0.407 e.